The van der Waals surface area contributed by atoms with Crippen LogP contribution in [0.3, 0.4) is 0 Å². The van der Waals surface area contributed by atoms with Crippen LogP contribution in [0.25, 0.3) is 0 Å². The van der Waals surface area contributed by atoms with Crippen molar-refractivity contribution < 1.29 is 27.5 Å². The van der Waals surface area contributed by atoms with Gasteiger partial charge in [-0.25, -0.2) is 18.0 Å². The van der Waals surface area contributed by atoms with E-state index in [9.17, 15) is 22.8 Å². The second-order valence-corrected chi connectivity index (χ2v) is 7.06. The van der Waals surface area contributed by atoms with Gasteiger partial charge < -0.3 is 10.5 Å². The fourth-order valence-corrected chi connectivity index (χ4v) is 3.75. The van der Waals surface area contributed by atoms with E-state index in [1.165, 1.54) is 28.6 Å². The number of rotatable bonds is 5. The molecule has 0 aromatic heterocycles. The van der Waals surface area contributed by atoms with Gasteiger partial charge in [0.25, 0.3) is 5.91 Å². The highest BCUT2D eigenvalue weighted by molar-refractivity contribution is 7.89. The molecule has 130 valence electrons. The van der Waals surface area contributed by atoms with Crippen LogP contribution in [-0.4, -0.2) is 50.3 Å². The number of ether oxygens (including phenoxy) is 1. The number of hydrogen-bond acceptors (Lipinski definition) is 6. The van der Waals surface area contributed by atoms with Crippen LogP contribution in [0.1, 0.15) is 23.2 Å². The smallest absolute Gasteiger partial charge is 0.338 e. The Morgan fingerprint density at radius 1 is 1.12 bits per heavy atom. The zero-order valence-corrected chi connectivity index (χ0v) is 13.5. The van der Waals surface area contributed by atoms with E-state index >= 15 is 0 Å². The number of urea groups is 1. The van der Waals surface area contributed by atoms with Crippen LogP contribution in [0.5, 0.6) is 0 Å². The van der Waals surface area contributed by atoms with Gasteiger partial charge in [0.2, 0.25) is 10.0 Å². The first-order valence-electron chi connectivity index (χ1n) is 7.17. The zero-order chi connectivity index (χ0) is 17.7. The zero-order valence-electron chi connectivity index (χ0n) is 12.7. The molecular weight excluding hydrogens is 338 g/mol. The molecule has 0 atom stereocenters. The molecule has 2 rings (SSSR count). The number of hydrogen-bond donors (Lipinski definition) is 2. The topological polar surface area (TPSA) is 136 Å². The molecule has 0 spiro atoms. The minimum atomic E-state index is -3.55. The van der Waals surface area contributed by atoms with Crippen molar-refractivity contribution in [3.05, 3.63) is 29.8 Å². The Balaban J connectivity index is 1.99. The van der Waals surface area contributed by atoms with Gasteiger partial charge in [-0.1, -0.05) is 0 Å². The minimum absolute atomic E-state index is 0.0854. The maximum atomic E-state index is 12.3. The van der Waals surface area contributed by atoms with Crippen LogP contribution in [0.2, 0.25) is 0 Å². The summed E-state index contributed by atoms with van der Waals surface area (Å²) in [5, 5.41) is 1.75. The van der Waals surface area contributed by atoms with E-state index in [0.29, 0.717) is 13.1 Å². The number of amides is 3. The molecule has 9 nitrogen and oxygen atoms in total. The van der Waals surface area contributed by atoms with Gasteiger partial charge in [-0.05, 0) is 37.1 Å². The Hall–Kier alpha value is -2.46. The molecule has 3 N–H and O–H groups in total. The number of nitrogens with two attached hydrogens (primary N) is 1. The van der Waals surface area contributed by atoms with Crippen molar-refractivity contribution in [2.75, 3.05) is 19.7 Å². The lowest BCUT2D eigenvalue weighted by Crippen LogP contribution is -2.37. The van der Waals surface area contributed by atoms with Crippen molar-refractivity contribution in [2.24, 2.45) is 5.73 Å². The highest BCUT2D eigenvalue weighted by Crippen LogP contribution is 2.21. The number of nitrogens with zero attached hydrogens (tertiary/aromatic N) is 1. The second kappa shape index (κ2) is 7.41. The third-order valence-corrected chi connectivity index (χ3v) is 5.30. The number of carbonyl (C=O) groups is 3. The molecule has 1 aromatic rings. The summed E-state index contributed by atoms with van der Waals surface area (Å²) < 4.78 is 30.8. The summed E-state index contributed by atoms with van der Waals surface area (Å²) in [6, 6.07) is 4.18. The van der Waals surface area contributed by atoms with Crippen molar-refractivity contribution in [1.29, 1.82) is 0 Å². The molecule has 3 amide bonds. The monoisotopic (exact) mass is 355 g/mol. The Morgan fingerprint density at radius 2 is 1.71 bits per heavy atom. The van der Waals surface area contributed by atoms with Crippen molar-refractivity contribution in [3.8, 4) is 0 Å². The van der Waals surface area contributed by atoms with Crippen LogP contribution in [0.15, 0.2) is 29.2 Å². The number of carbonyl (C=O) groups excluding carboxylic acids is 3. The maximum absolute atomic E-state index is 12.3. The first-order valence-corrected chi connectivity index (χ1v) is 8.61. The van der Waals surface area contributed by atoms with Crippen LogP contribution in [-0.2, 0) is 19.6 Å². The largest absolute Gasteiger partial charge is 0.452 e. The molecule has 1 heterocycles. The number of nitrogens with one attached hydrogen (secondary N) is 1. The molecule has 1 aliphatic rings. The van der Waals surface area contributed by atoms with E-state index < -0.39 is 34.5 Å². The van der Waals surface area contributed by atoms with Crippen molar-refractivity contribution >= 4 is 27.9 Å². The Morgan fingerprint density at radius 3 is 2.25 bits per heavy atom. The maximum Gasteiger partial charge on any atom is 0.338 e. The predicted octanol–water partition coefficient (Wildman–Crippen LogP) is -0.177. The average molecular weight is 355 g/mol. The average Bonchev–Trinajstić information content (AvgIpc) is 3.07. The molecule has 0 unspecified atom stereocenters. The number of imide groups is 1. The van der Waals surface area contributed by atoms with Crippen LogP contribution < -0.4 is 11.1 Å². The van der Waals surface area contributed by atoms with Gasteiger partial charge in [0.05, 0.1) is 10.5 Å². The summed E-state index contributed by atoms with van der Waals surface area (Å²) in [5.41, 5.74) is 4.83. The van der Waals surface area contributed by atoms with Crippen LogP contribution >= 0.6 is 0 Å². The molecule has 0 bridgehead atoms. The molecule has 0 radical (unpaired) electrons. The third-order valence-electron chi connectivity index (χ3n) is 3.39. The predicted molar refractivity (Wildman–Crippen MR) is 82.4 cm³/mol. The molecule has 24 heavy (non-hydrogen) atoms. The van der Waals surface area contributed by atoms with Crippen LogP contribution in [0, 0.1) is 0 Å². The summed E-state index contributed by atoms with van der Waals surface area (Å²) in [5.74, 6) is -1.68. The standard InChI is InChI=1S/C14H17N3O6S/c15-14(20)16-12(18)9-23-13(19)10-3-5-11(6-4-10)24(21,22)17-7-1-2-8-17/h3-6H,1-2,7-9H2,(H3,15,16,18,20). The fourth-order valence-electron chi connectivity index (χ4n) is 2.23. The first kappa shape index (κ1) is 17.9. The summed E-state index contributed by atoms with van der Waals surface area (Å²) in [6.45, 7) is 0.303. The van der Waals surface area contributed by atoms with E-state index in [1.807, 2.05) is 0 Å². The lowest BCUT2D eigenvalue weighted by Gasteiger charge is -2.15. The number of sulfonamides is 1. The minimum Gasteiger partial charge on any atom is -0.452 e. The van der Waals surface area contributed by atoms with E-state index in [-0.39, 0.29) is 10.5 Å². The SMILES string of the molecule is NC(=O)NC(=O)COC(=O)c1ccc(S(=O)(=O)N2CCCC2)cc1. The molecule has 1 aromatic carbocycles. The first-order chi connectivity index (χ1) is 11.3. The molecular formula is C14H17N3O6S. The van der Waals surface area contributed by atoms with Crippen LogP contribution in [0.4, 0.5) is 4.79 Å². The van der Waals surface area contributed by atoms with E-state index in [1.54, 1.807) is 5.32 Å². The van der Waals surface area contributed by atoms with Gasteiger partial charge in [0, 0.05) is 13.1 Å². The second-order valence-electron chi connectivity index (χ2n) is 5.12. The molecule has 0 saturated carbocycles. The fraction of sp³-hybridized carbons (Fsp3) is 0.357. The van der Waals surface area contributed by atoms with Crippen molar-refractivity contribution in [2.45, 2.75) is 17.7 Å². The van der Waals surface area contributed by atoms with Gasteiger partial charge in [-0.2, -0.15) is 4.31 Å². The summed E-state index contributed by atoms with van der Waals surface area (Å²) in [4.78, 5) is 33.5. The number of esters is 1. The number of primary amides is 1. The van der Waals surface area contributed by atoms with Gasteiger partial charge in [-0.3, -0.25) is 10.1 Å². The summed E-state index contributed by atoms with van der Waals surface area (Å²) >= 11 is 0. The highest BCUT2D eigenvalue weighted by Gasteiger charge is 2.27. The molecule has 1 fully saturated rings. The molecule has 1 saturated heterocycles. The summed E-state index contributed by atoms with van der Waals surface area (Å²) in [6.07, 6.45) is 1.66. The van der Waals surface area contributed by atoms with Crippen molar-refractivity contribution in [1.82, 2.24) is 9.62 Å². The lowest BCUT2D eigenvalue weighted by molar-refractivity contribution is -0.123. The van der Waals surface area contributed by atoms with E-state index in [2.05, 4.69) is 0 Å². The van der Waals surface area contributed by atoms with E-state index in [4.69, 9.17) is 10.5 Å². The highest BCUT2D eigenvalue weighted by atomic mass is 32.2. The summed E-state index contributed by atoms with van der Waals surface area (Å²) in [7, 11) is -3.55. The Kier molecular flexibility index (Phi) is 5.52. The van der Waals surface area contributed by atoms with Gasteiger partial charge >= 0.3 is 12.0 Å². The van der Waals surface area contributed by atoms with Gasteiger partial charge in [-0.15, -0.1) is 0 Å². The van der Waals surface area contributed by atoms with Gasteiger partial charge in [0.1, 0.15) is 0 Å². The number of benzene rings is 1. The Bertz CT molecular complexity index is 738. The van der Waals surface area contributed by atoms with Gasteiger partial charge in [0.15, 0.2) is 6.61 Å². The molecule has 0 aliphatic carbocycles. The Labute approximate surface area is 138 Å². The lowest BCUT2D eigenvalue weighted by atomic mass is 10.2. The molecule has 10 heteroatoms. The van der Waals surface area contributed by atoms with E-state index in [0.717, 1.165) is 12.8 Å². The van der Waals surface area contributed by atoms with Crippen molar-refractivity contribution in [3.63, 3.8) is 0 Å². The quantitative estimate of drug-likeness (QED) is 0.703. The molecule has 1 aliphatic heterocycles. The normalized spacial score (nSPS) is 15.0. The third kappa shape index (κ3) is 4.30.